The summed E-state index contributed by atoms with van der Waals surface area (Å²) in [4.78, 5) is 16.9. The number of methoxy groups -OCH3 is 2. The van der Waals surface area contributed by atoms with Crippen molar-refractivity contribution >= 4 is 11.6 Å². The summed E-state index contributed by atoms with van der Waals surface area (Å²) in [5.74, 6) is 1.90. The van der Waals surface area contributed by atoms with Gasteiger partial charge in [0, 0.05) is 26.2 Å². The first-order valence-electron chi connectivity index (χ1n) is 8.91. The number of benzene rings is 2. The van der Waals surface area contributed by atoms with E-state index in [0.717, 1.165) is 54.5 Å². The van der Waals surface area contributed by atoms with E-state index < -0.39 is 0 Å². The molecular formula is C21H26N2O3. The lowest BCUT2D eigenvalue weighted by Gasteiger charge is -2.36. The minimum absolute atomic E-state index is 0.175. The molecule has 0 aliphatic carbocycles. The molecule has 1 amide bonds. The van der Waals surface area contributed by atoms with E-state index in [0.29, 0.717) is 6.42 Å². The third-order valence-electron chi connectivity index (χ3n) is 4.87. The molecule has 26 heavy (non-hydrogen) atoms. The fraction of sp³-hybridized carbons (Fsp3) is 0.381. The van der Waals surface area contributed by atoms with Crippen LogP contribution in [0.1, 0.15) is 11.1 Å². The van der Waals surface area contributed by atoms with Crippen LogP contribution in [-0.2, 0) is 11.2 Å². The zero-order valence-corrected chi connectivity index (χ0v) is 15.7. The predicted molar refractivity (Wildman–Crippen MR) is 103 cm³/mol. The zero-order valence-electron chi connectivity index (χ0n) is 15.7. The number of para-hydroxylation sites is 2. The Morgan fingerprint density at radius 2 is 1.65 bits per heavy atom. The Balaban J connectivity index is 1.59. The summed E-state index contributed by atoms with van der Waals surface area (Å²) in [5.41, 5.74) is 3.17. The molecule has 2 aromatic rings. The molecule has 1 aliphatic rings. The van der Waals surface area contributed by atoms with Crippen LogP contribution in [0.4, 0.5) is 5.69 Å². The van der Waals surface area contributed by atoms with Gasteiger partial charge in [0.05, 0.1) is 26.3 Å². The molecule has 0 N–H and O–H groups in total. The molecule has 0 unspecified atom stereocenters. The summed E-state index contributed by atoms with van der Waals surface area (Å²) in [6, 6.07) is 13.9. The van der Waals surface area contributed by atoms with Crippen LogP contribution >= 0.6 is 0 Å². The van der Waals surface area contributed by atoms with E-state index in [4.69, 9.17) is 9.47 Å². The fourth-order valence-corrected chi connectivity index (χ4v) is 3.42. The SMILES string of the molecule is COc1ccc(CC(=O)N2CCN(c3ccccc3OC)CC2)cc1C. The summed E-state index contributed by atoms with van der Waals surface area (Å²) in [6.07, 6.45) is 0.430. The highest BCUT2D eigenvalue weighted by atomic mass is 16.5. The molecule has 0 atom stereocenters. The Kier molecular flexibility index (Phi) is 5.66. The van der Waals surface area contributed by atoms with Gasteiger partial charge in [0.15, 0.2) is 0 Å². The summed E-state index contributed by atoms with van der Waals surface area (Å²) in [7, 11) is 3.35. The monoisotopic (exact) mass is 354 g/mol. The second kappa shape index (κ2) is 8.13. The van der Waals surface area contributed by atoms with Gasteiger partial charge in [-0.3, -0.25) is 4.79 Å². The number of hydrogen-bond acceptors (Lipinski definition) is 4. The lowest BCUT2D eigenvalue weighted by atomic mass is 10.1. The van der Waals surface area contributed by atoms with Gasteiger partial charge < -0.3 is 19.3 Å². The van der Waals surface area contributed by atoms with Crippen LogP contribution in [0.3, 0.4) is 0 Å². The van der Waals surface area contributed by atoms with Crippen LogP contribution in [0, 0.1) is 6.92 Å². The fourth-order valence-electron chi connectivity index (χ4n) is 3.42. The number of carbonyl (C=O) groups is 1. The first-order valence-corrected chi connectivity index (χ1v) is 8.91. The largest absolute Gasteiger partial charge is 0.496 e. The van der Waals surface area contributed by atoms with Gasteiger partial charge in [-0.15, -0.1) is 0 Å². The molecule has 5 nitrogen and oxygen atoms in total. The number of amides is 1. The number of aryl methyl sites for hydroxylation is 1. The standard InChI is InChI=1S/C21H26N2O3/c1-16-14-17(8-9-19(16)25-2)15-21(24)23-12-10-22(11-13-23)18-6-4-5-7-20(18)26-3/h4-9,14H,10-13,15H2,1-3H3. The van der Waals surface area contributed by atoms with E-state index in [2.05, 4.69) is 11.0 Å². The quantitative estimate of drug-likeness (QED) is 0.828. The molecule has 138 valence electrons. The first kappa shape index (κ1) is 18.1. The van der Waals surface area contributed by atoms with Gasteiger partial charge in [-0.05, 0) is 36.2 Å². The van der Waals surface area contributed by atoms with E-state index in [9.17, 15) is 4.79 Å². The number of anilines is 1. The molecular weight excluding hydrogens is 328 g/mol. The number of nitrogens with zero attached hydrogens (tertiary/aromatic N) is 2. The second-order valence-corrected chi connectivity index (χ2v) is 6.52. The van der Waals surface area contributed by atoms with Gasteiger partial charge in [-0.2, -0.15) is 0 Å². The van der Waals surface area contributed by atoms with Crippen LogP contribution < -0.4 is 14.4 Å². The van der Waals surface area contributed by atoms with Crippen molar-refractivity contribution in [2.24, 2.45) is 0 Å². The molecule has 0 spiro atoms. The maximum absolute atomic E-state index is 12.7. The molecule has 1 aliphatic heterocycles. The average molecular weight is 354 g/mol. The Morgan fingerprint density at radius 1 is 0.962 bits per heavy atom. The Labute approximate surface area is 155 Å². The van der Waals surface area contributed by atoms with E-state index in [1.54, 1.807) is 14.2 Å². The topological polar surface area (TPSA) is 42.0 Å². The maximum atomic E-state index is 12.7. The van der Waals surface area contributed by atoms with Crippen molar-refractivity contribution in [3.63, 3.8) is 0 Å². The summed E-state index contributed by atoms with van der Waals surface area (Å²) >= 11 is 0. The van der Waals surface area contributed by atoms with Crippen LogP contribution in [0.2, 0.25) is 0 Å². The number of piperazine rings is 1. The Hall–Kier alpha value is -2.69. The number of rotatable bonds is 5. The lowest BCUT2D eigenvalue weighted by Crippen LogP contribution is -2.49. The van der Waals surface area contributed by atoms with Crippen molar-refractivity contribution in [3.05, 3.63) is 53.6 Å². The normalized spacial score (nSPS) is 14.3. The molecule has 0 aromatic heterocycles. The third kappa shape index (κ3) is 3.93. The van der Waals surface area contributed by atoms with Crippen molar-refractivity contribution in [3.8, 4) is 11.5 Å². The van der Waals surface area contributed by atoms with Gasteiger partial charge in [-0.1, -0.05) is 24.3 Å². The summed E-state index contributed by atoms with van der Waals surface area (Å²) < 4.78 is 10.7. The minimum Gasteiger partial charge on any atom is -0.496 e. The molecule has 1 fully saturated rings. The molecule has 0 saturated carbocycles. The smallest absolute Gasteiger partial charge is 0.227 e. The zero-order chi connectivity index (χ0) is 18.5. The number of hydrogen-bond donors (Lipinski definition) is 0. The van der Waals surface area contributed by atoms with Crippen LogP contribution in [0.15, 0.2) is 42.5 Å². The van der Waals surface area contributed by atoms with Gasteiger partial charge in [0.1, 0.15) is 11.5 Å². The van der Waals surface area contributed by atoms with Gasteiger partial charge >= 0.3 is 0 Å². The Bertz CT molecular complexity index is 768. The predicted octanol–water partition coefficient (Wildman–Crippen LogP) is 2.90. The van der Waals surface area contributed by atoms with E-state index >= 15 is 0 Å². The lowest BCUT2D eigenvalue weighted by molar-refractivity contribution is -0.130. The van der Waals surface area contributed by atoms with Gasteiger partial charge in [0.2, 0.25) is 5.91 Å². The highest BCUT2D eigenvalue weighted by Gasteiger charge is 2.23. The summed E-state index contributed by atoms with van der Waals surface area (Å²) in [6.45, 7) is 5.08. The molecule has 0 bridgehead atoms. The second-order valence-electron chi connectivity index (χ2n) is 6.52. The Morgan fingerprint density at radius 3 is 2.31 bits per heavy atom. The van der Waals surface area contributed by atoms with Crippen molar-refractivity contribution in [1.29, 1.82) is 0 Å². The maximum Gasteiger partial charge on any atom is 0.227 e. The van der Waals surface area contributed by atoms with Crippen LogP contribution in [0.5, 0.6) is 11.5 Å². The van der Waals surface area contributed by atoms with Gasteiger partial charge in [-0.25, -0.2) is 0 Å². The van der Waals surface area contributed by atoms with Crippen molar-refractivity contribution in [2.75, 3.05) is 45.3 Å². The summed E-state index contributed by atoms with van der Waals surface area (Å²) in [5, 5.41) is 0. The third-order valence-corrected chi connectivity index (χ3v) is 4.87. The highest BCUT2D eigenvalue weighted by Crippen LogP contribution is 2.28. The minimum atomic E-state index is 0.175. The van der Waals surface area contributed by atoms with Crippen molar-refractivity contribution < 1.29 is 14.3 Å². The van der Waals surface area contributed by atoms with Crippen LogP contribution in [-0.4, -0.2) is 51.2 Å². The molecule has 5 heteroatoms. The average Bonchev–Trinajstić information content (AvgIpc) is 2.68. The van der Waals surface area contributed by atoms with E-state index in [-0.39, 0.29) is 5.91 Å². The number of ether oxygens (including phenoxy) is 2. The molecule has 3 rings (SSSR count). The molecule has 1 heterocycles. The van der Waals surface area contributed by atoms with Crippen molar-refractivity contribution in [1.82, 2.24) is 4.90 Å². The van der Waals surface area contributed by atoms with Crippen LogP contribution in [0.25, 0.3) is 0 Å². The first-order chi connectivity index (χ1) is 12.6. The molecule has 1 saturated heterocycles. The van der Waals surface area contributed by atoms with E-state index in [1.165, 1.54) is 0 Å². The molecule has 0 radical (unpaired) electrons. The molecule has 2 aromatic carbocycles. The number of carbonyl (C=O) groups excluding carboxylic acids is 1. The highest BCUT2D eigenvalue weighted by molar-refractivity contribution is 5.79. The van der Waals surface area contributed by atoms with E-state index in [1.807, 2.05) is 48.2 Å². The van der Waals surface area contributed by atoms with Crippen molar-refractivity contribution in [2.45, 2.75) is 13.3 Å². The van der Waals surface area contributed by atoms with Gasteiger partial charge in [0.25, 0.3) is 0 Å².